The Balaban J connectivity index is 3.43. The molecule has 2 atom stereocenters. The van der Waals surface area contributed by atoms with Crippen LogP contribution in [0.3, 0.4) is 0 Å². The smallest absolute Gasteiger partial charge is 0.309 e. The Morgan fingerprint density at radius 1 is 1.67 bits per heavy atom. The molecule has 0 bridgehead atoms. The van der Waals surface area contributed by atoms with Crippen molar-refractivity contribution in [3.8, 4) is 0 Å². The summed E-state index contributed by atoms with van der Waals surface area (Å²) >= 11 is 5.28. The van der Waals surface area contributed by atoms with E-state index in [1.54, 1.807) is 6.92 Å². The van der Waals surface area contributed by atoms with Crippen molar-refractivity contribution in [2.45, 2.75) is 12.4 Å². The molecule has 0 saturated carbocycles. The minimum atomic E-state index is -0.611. The molecule has 0 rings (SSSR count). The van der Waals surface area contributed by atoms with Gasteiger partial charge in [0.15, 0.2) is 0 Å². The van der Waals surface area contributed by atoms with Crippen LogP contribution in [0.15, 0.2) is 0 Å². The summed E-state index contributed by atoms with van der Waals surface area (Å²) in [4.78, 5) is 10.9. The van der Waals surface area contributed by atoms with Gasteiger partial charge in [0.2, 0.25) is 0 Å². The quantitative estimate of drug-likeness (QED) is 0.400. The summed E-state index contributed by atoms with van der Waals surface area (Å²) < 4.78 is 4.54. The Hall–Kier alpha value is 0.130. The van der Waals surface area contributed by atoms with Crippen LogP contribution in [0.2, 0.25) is 0 Å². The second-order valence-electron chi connectivity index (χ2n) is 2.44. The predicted molar refractivity (Wildman–Crippen MR) is 53.5 cm³/mol. The molecule has 1 N–H and O–H groups in total. The van der Waals surface area contributed by atoms with Gasteiger partial charge in [-0.05, 0) is 0 Å². The van der Waals surface area contributed by atoms with Gasteiger partial charge < -0.3 is 9.84 Å². The van der Waals surface area contributed by atoms with E-state index >= 15 is 0 Å². The number of aliphatic hydroxyl groups excluding tert-OH is 1. The highest BCUT2D eigenvalue weighted by Crippen LogP contribution is 2.11. The summed E-state index contributed by atoms with van der Waals surface area (Å²) in [6, 6.07) is 0. The molecule has 0 aromatic carbocycles. The van der Waals surface area contributed by atoms with Crippen LogP contribution in [0.5, 0.6) is 0 Å². The van der Waals surface area contributed by atoms with Gasteiger partial charge in [-0.1, -0.05) is 6.92 Å². The molecule has 0 aliphatic rings. The van der Waals surface area contributed by atoms with Crippen molar-refractivity contribution in [3.63, 3.8) is 0 Å². The maximum atomic E-state index is 10.9. The number of ether oxygens (including phenoxy) is 1. The maximum Gasteiger partial charge on any atom is 0.309 e. The average molecular weight is 210 g/mol. The fourth-order valence-electron chi connectivity index (χ4n) is 0.619. The minimum absolute atomic E-state index is 0.118. The summed E-state index contributed by atoms with van der Waals surface area (Å²) in [7, 11) is 1.37. The molecule has 0 aliphatic carbocycles. The van der Waals surface area contributed by atoms with Gasteiger partial charge >= 0.3 is 5.97 Å². The van der Waals surface area contributed by atoms with E-state index in [2.05, 4.69) is 17.4 Å². The van der Waals surface area contributed by atoms with Gasteiger partial charge in [-0.25, -0.2) is 0 Å². The Kier molecular flexibility index (Phi) is 6.70. The van der Waals surface area contributed by atoms with Crippen molar-refractivity contribution < 1.29 is 14.6 Å². The van der Waals surface area contributed by atoms with Gasteiger partial charge in [-0.3, -0.25) is 4.79 Å². The fourth-order valence-corrected chi connectivity index (χ4v) is 1.77. The number of esters is 1. The van der Waals surface area contributed by atoms with Gasteiger partial charge in [-0.2, -0.15) is 11.8 Å². The van der Waals surface area contributed by atoms with Crippen LogP contribution in [-0.4, -0.2) is 35.1 Å². The van der Waals surface area contributed by atoms with Gasteiger partial charge in [0.25, 0.3) is 0 Å². The monoisotopic (exact) mass is 210 g/mol. The SMILES string of the molecule is COC(=O)C(C)CSCC(O)S. The van der Waals surface area contributed by atoms with Gasteiger partial charge in [0.1, 0.15) is 5.44 Å². The van der Waals surface area contributed by atoms with E-state index in [0.29, 0.717) is 11.5 Å². The number of carbonyl (C=O) groups excluding carboxylic acids is 1. The molecule has 0 aliphatic heterocycles. The Morgan fingerprint density at radius 2 is 2.25 bits per heavy atom. The molecule has 0 amide bonds. The van der Waals surface area contributed by atoms with Crippen LogP contribution < -0.4 is 0 Å². The lowest BCUT2D eigenvalue weighted by Gasteiger charge is -2.08. The van der Waals surface area contributed by atoms with Gasteiger partial charge in [0, 0.05) is 11.5 Å². The molecule has 0 aromatic heterocycles. The number of hydrogen-bond acceptors (Lipinski definition) is 5. The molecule has 72 valence electrons. The highest BCUT2D eigenvalue weighted by atomic mass is 32.2. The Morgan fingerprint density at radius 3 is 2.67 bits per heavy atom. The fraction of sp³-hybridized carbons (Fsp3) is 0.857. The standard InChI is InChI=1S/C7H14O3S2/c1-5(7(9)10-2)3-12-4-6(8)11/h5-6,8,11H,3-4H2,1-2H3. The second-order valence-corrected chi connectivity index (χ2v) is 4.11. The minimum Gasteiger partial charge on any atom is -0.469 e. The van der Waals surface area contributed by atoms with Crippen molar-refractivity contribution >= 4 is 30.4 Å². The van der Waals surface area contributed by atoms with E-state index in [4.69, 9.17) is 5.11 Å². The predicted octanol–water partition coefficient (Wildman–Crippen LogP) is 0.777. The molecule has 0 aromatic rings. The van der Waals surface area contributed by atoms with Crippen LogP contribution in [0, 0.1) is 5.92 Å². The van der Waals surface area contributed by atoms with Crippen molar-refractivity contribution in [3.05, 3.63) is 0 Å². The molecule has 0 radical (unpaired) electrons. The molecular weight excluding hydrogens is 196 g/mol. The largest absolute Gasteiger partial charge is 0.469 e. The third-order valence-electron chi connectivity index (χ3n) is 1.24. The first kappa shape index (κ1) is 12.1. The molecule has 5 heteroatoms. The van der Waals surface area contributed by atoms with Crippen LogP contribution >= 0.6 is 24.4 Å². The first-order valence-electron chi connectivity index (χ1n) is 3.59. The van der Waals surface area contributed by atoms with Gasteiger partial charge in [0.05, 0.1) is 13.0 Å². The number of aliphatic hydroxyl groups is 1. The van der Waals surface area contributed by atoms with E-state index < -0.39 is 5.44 Å². The molecule has 0 fully saturated rings. The lowest BCUT2D eigenvalue weighted by molar-refractivity contribution is -0.143. The van der Waals surface area contributed by atoms with Gasteiger partial charge in [-0.15, -0.1) is 12.6 Å². The zero-order valence-corrected chi connectivity index (χ0v) is 8.90. The van der Waals surface area contributed by atoms with Crippen molar-refractivity contribution in [2.24, 2.45) is 5.92 Å². The lowest BCUT2D eigenvalue weighted by atomic mass is 10.2. The number of rotatable bonds is 5. The van der Waals surface area contributed by atoms with E-state index in [9.17, 15) is 4.79 Å². The molecule has 3 nitrogen and oxygen atoms in total. The number of thioether (sulfide) groups is 1. The highest BCUT2D eigenvalue weighted by molar-refractivity contribution is 8.00. The molecule has 0 spiro atoms. The van der Waals surface area contributed by atoms with E-state index in [1.807, 2.05) is 0 Å². The number of methoxy groups -OCH3 is 1. The Bertz CT molecular complexity index is 139. The Labute approximate surface area is 82.3 Å². The molecule has 0 heterocycles. The maximum absolute atomic E-state index is 10.9. The number of carbonyl (C=O) groups is 1. The average Bonchev–Trinajstić information content (AvgIpc) is 2.02. The van der Waals surface area contributed by atoms with Crippen LogP contribution in [0.4, 0.5) is 0 Å². The normalized spacial score (nSPS) is 15.3. The van der Waals surface area contributed by atoms with E-state index in [-0.39, 0.29) is 11.9 Å². The third kappa shape index (κ3) is 5.74. The molecular formula is C7H14O3S2. The number of thiol groups is 1. The van der Waals surface area contributed by atoms with Crippen molar-refractivity contribution in [1.29, 1.82) is 0 Å². The van der Waals surface area contributed by atoms with Crippen molar-refractivity contribution in [1.82, 2.24) is 0 Å². The number of hydrogen-bond donors (Lipinski definition) is 2. The van der Waals surface area contributed by atoms with Crippen LogP contribution in [-0.2, 0) is 9.53 Å². The zero-order chi connectivity index (χ0) is 9.56. The highest BCUT2D eigenvalue weighted by Gasteiger charge is 2.12. The first-order chi connectivity index (χ1) is 5.57. The second kappa shape index (κ2) is 6.62. The zero-order valence-electron chi connectivity index (χ0n) is 7.19. The summed E-state index contributed by atoms with van der Waals surface area (Å²) in [5, 5.41) is 8.79. The van der Waals surface area contributed by atoms with Crippen molar-refractivity contribution in [2.75, 3.05) is 18.6 Å². The summed E-state index contributed by atoms with van der Waals surface area (Å²) in [6.45, 7) is 1.80. The van der Waals surface area contributed by atoms with Crippen LogP contribution in [0.1, 0.15) is 6.92 Å². The topological polar surface area (TPSA) is 46.5 Å². The lowest BCUT2D eigenvalue weighted by Crippen LogP contribution is -2.15. The molecule has 12 heavy (non-hydrogen) atoms. The van der Waals surface area contributed by atoms with E-state index in [0.717, 1.165) is 0 Å². The first-order valence-corrected chi connectivity index (χ1v) is 5.26. The van der Waals surface area contributed by atoms with E-state index in [1.165, 1.54) is 18.9 Å². The molecule has 2 unspecified atom stereocenters. The van der Waals surface area contributed by atoms with Crippen LogP contribution in [0.25, 0.3) is 0 Å². The molecule has 0 saturated heterocycles. The summed E-state index contributed by atoms with van der Waals surface area (Å²) in [6.07, 6.45) is 0. The third-order valence-corrected chi connectivity index (χ3v) is 2.96. The summed E-state index contributed by atoms with van der Waals surface area (Å²) in [5.74, 6) is 0.859. The summed E-state index contributed by atoms with van der Waals surface area (Å²) in [5.41, 5.74) is -0.611.